The molecular weight excluding hydrogens is 242 g/mol. The fourth-order valence-corrected chi connectivity index (χ4v) is 2.14. The van der Waals surface area contributed by atoms with Crippen LogP contribution < -0.4 is 5.32 Å². The molecule has 2 aromatic heterocycles. The van der Waals surface area contributed by atoms with E-state index in [1.807, 2.05) is 31.0 Å². The molecule has 0 bridgehead atoms. The number of aromatic nitrogens is 4. The molecular formula is C13H21N5O. The van der Waals surface area contributed by atoms with Crippen molar-refractivity contribution in [2.24, 2.45) is 7.05 Å². The number of nitrogens with one attached hydrogen (secondary N) is 1. The van der Waals surface area contributed by atoms with Crippen molar-refractivity contribution in [3.8, 4) is 0 Å². The van der Waals surface area contributed by atoms with Gasteiger partial charge in [-0.3, -0.25) is 4.68 Å². The van der Waals surface area contributed by atoms with E-state index in [0.717, 1.165) is 18.7 Å². The number of nitrogens with zero attached hydrogens (tertiary/aromatic N) is 4. The summed E-state index contributed by atoms with van der Waals surface area (Å²) < 4.78 is 6.87. The maximum atomic E-state index is 5.05. The molecule has 2 heterocycles. The van der Waals surface area contributed by atoms with E-state index in [1.165, 1.54) is 5.56 Å². The van der Waals surface area contributed by atoms with Crippen molar-refractivity contribution in [2.75, 3.05) is 0 Å². The van der Waals surface area contributed by atoms with Crippen LogP contribution in [0.5, 0.6) is 0 Å². The summed E-state index contributed by atoms with van der Waals surface area (Å²) in [5, 5.41) is 11.8. The fraction of sp³-hybridized carbons (Fsp3) is 0.615. The largest absolute Gasteiger partial charge is 0.340 e. The van der Waals surface area contributed by atoms with Crippen molar-refractivity contribution < 1.29 is 4.52 Å². The minimum atomic E-state index is 0.0996. The molecule has 2 aromatic rings. The van der Waals surface area contributed by atoms with E-state index >= 15 is 0 Å². The second kappa shape index (κ2) is 5.97. The summed E-state index contributed by atoms with van der Waals surface area (Å²) in [6.07, 6.45) is 5.83. The Balaban J connectivity index is 2.12. The average molecular weight is 263 g/mol. The van der Waals surface area contributed by atoms with Crippen LogP contribution in [0, 0.1) is 6.92 Å². The molecule has 2 unspecified atom stereocenters. The van der Waals surface area contributed by atoms with Crippen molar-refractivity contribution in [3.05, 3.63) is 29.7 Å². The van der Waals surface area contributed by atoms with Crippen molar-refractivity contribution in [1.29, 1.82) is 0 Å². The lowest BCUT2D eigenvalue weighted by Gasteiger charge is -2.21. The van der Waals surface area contributed by atoms with Gasteiger partial charge in [0.05, 0.1) is 12.2 Å². The SMILES string of the molecule is CCC(NC(CC)c1noc(C)n1)c1cnn(C)c1. The summed E-state index contributed by atoms with van der Waals surface area (Å²) in [6, 6.07) is 0.347. The first kappa shape index (κ1) is 13.7. The highest BCUT2D eigenvalue weighted by Gasteiger charge is 2.20. The third-order valence-corrected chi connectivity index (χ3v) is 3.20. The summed E-state index contributed by atoms with van der Waals surface area (Å²) in [4.78, 5) is 4.31. The monoisotopic (exact) mass is 263 g/mol. The topological polar surface area (TPSA) is 68.8 Å². The highest BCUT2D eigenvalue weighted by atomic mass is 16.5. The minimum absolute atomic E-state index is 0.0996. The van der Waals surface area contributed by atoms with Crippen LogP contribution in [0.3, 0.4) is 0 Å². The molecule has 0 aliphatic carbocycles. The van der Waals surface area contributed by atoms with Gasteiger partial charge in [0, 0.05) is 31.8 Å². The molecule has 19 heavy (non-hydrogen) atoms. The Kier molecular flexibility index (Phi) is 4.31. The van der Waals surface area contributed by atoms with Gasteiger partial charge in [-0.25, -0.2) is 0 Å². The van der Waals surface area contributed by atoms with Crippen LogP contribution in [-0.2, 0) is 7.05 Å². The third kappa shape index (κ3) is 3.20. The van der Waals surface area contributed by atoms with Gasteiger partial charge in [0.1, 0.15) is 0 Å². The zero-order valence-electron chi connectivity index (χ0n) is 11.9. The second-order valence-corrected chi connectivity index (χ2v) is 4.71. The molecule has 2 rings (SSSR count). The lowest BCUT2D eigenvalue weighted by atomic mass is 10.1. The lowest BCUT2D eigenvalue weighted by molar-refractivity contribution is 0.361. The van der Waals surface area contributed by atoms with Crippen LogP contribution in [0.4, 0.5) is 0 Å². The smallest absolute Gasteiger partial charge is 0.223 e. The van der Waals surface area contributed by atoms with Gasteiger partial charge in [-0.15, -0.1) is 0 Å². The molecule has 2 atom stereocenters. The van der Waals surface area contributed by atoms with E-state index in [0.29, 0.717) is 5.89 Å². The van der Waals surface area contributed by atoms with Crippen LogP contribution in [-0.4, -0.2) is 19.9 Å². The highest BCUT2D eigenvalue weighted by molar-refractivity contribution is 5.11. The Labute approximate surface area is 113 Å². The van der Waals surface area contributed by atoms with Gasteiger partial charge in [0.2, 0.25) is 5.89 Å². The maximum absolute atomic E-state index is 5.05. The third-order valence-electron chi connectivity index (χ3n) is 3.20. The number of rotatable bonds is 6. The molecule has 0 saturated heterocycles. The van der Waals surface area contributed by atoms with Gasteiger partial charge in [-0.05, 0) is 12.8 Å². The zero-order valence-corrected chi connectivity index (χ0v) is 11.9. The van der Waals surface area contributed by atoms with Gasteiger partial charge in [0.25, 0.3) is 0 Å². The molecule has 0 aliphatic rings. The molecule has 0 aliphatic heterocycles. The lowest BCUT2D eigenvalue weighted by Crippen LogP contribution is -2.26. The van der Waals surface area contributed by atoms with Crippen molar-refractivity contribution in [2.45, 2.75) is 45.7 Å². The molecule has 0 spiro atoms. The summed E-state index contributed by atoms with van der Waals surface area (Å²) >= 11 is 0. The van der Waals surface area contributed by atoms with Crippen molar-refractivity contribution in [1.82, 2.24) is 25.2 Å². The van der Waals surface area contributed by atoms with Gasteiger partial charge in [-0.2, -0.15) is 10.1 Å². The average Bonchev–Trinajstić information content (AvgIpc) is 3.00. The molecule has 6 heteroatoms. The summed E-state index contributed by atoms with van der Waals surface area (Å²) in [5.74, 6) is 1.33. The number of hydrogen-bond donors (Lipinski definition) is 1. The predicted molar refractivity (Wildman–Crippen MR) is 71.4 cm³/mol. The molecule has 104 valence electrons. The van der Waals surface area contributed by atoms with E-state index in [-0.39, 0.29) is 12.1 Å². The number of hydrogen-bond acceptors (Lipinski definition) is 5. The summed E-state index contributed by atoms with van der Waals surface area (Å²) in [5.41, 5.74) is 1.18. The maximum Gasteiger partial charge on any atom is 0.223 e. The molecule has 0 saturated carbocycles. The molecule has 1 N–H and O–H groups in total. The van der Waals surface area contributed by atoms with Crippen molar-refractivity contribution in [3.63, 3.8) is 0 Å². The molecule has 0 fully saturated rings. The van der Waals surface area contributed by atoms with Gasteiger partial charge in [-0.1, -0.05) is 19.0 Å². The standard InChI is InChI=1S/C13H21N5O/c1-5-11(10-7-14-18(4)8-10)16-12(6-2)13-15-9(3)19-17-13/h7-8,11-12,16H,5-6H2,1-4H3. The summed E-state index contributed by atoms with van der Waals surface area (Å²) in [7, 11) is 1.93. The van der Waals surface area contributed by atoms with Gasteiger partial charge >= 0.3 is 0 Å². The van der Waals surface area contributed by atoms with Crippen molar-refractivity contribution >= 4 is 0 Å². The fourth-order valence-electron chi connectivity index (χ4n) is 2.14. The molecule has 0 radical (unpaired) electrons. The minimum Gasteiger partial charge on any atom is -0.340 e. The van der Waals surface area contributed by atoms with Crippen LogP contribution in [0.2, 0.25) is 0 Å². The molecule has 6 nitrogen and oxygen atoms in total. The van der Waals surface area contributed by atoms with Gasteiger partial charge in [0.15, 0.2) is 5.82 Å². The zero-order chi connectivity index (χ0) is 13.8. The van der Waals surface area contributed by atoms with E-state index in [1.54, 1.807) is 0 Å². The highest BCUT2D eigenvalue weighted by Crippen LogP contribution is 2.22. The van der Waals surface area contributed by atoms with E-state index in [4.69, 9.17) is 4.52 Å². The Morgan fingerprint density at radius 2 is 2.05 bits per heavy atom. The second-order valence-electron chi connectivity index (χ2n) is 4.71. The Morgan fingerprint density at radius 1 is 1.32 bits per heavy atom. The van der Waals surface area contributed by atoms with Gasteiger partial charge < -0.3 is 9.84 Å². The Morgan fingerprint density at radius 3 is 2.53 bits per heavy atom. The van der Waals surface area contributed by atoms with Crippen LogP contribution >= 0.6 is 0 Å². The van der Waals surface area contributed by atoms with E-state index in [9.17, 15) is 0 Å². The first-order valence-corrected chi connectivity index (χ1v) is 6.68. The predicted octanol–water partition coefficient (Wildman–Crippen LogP) is 2.30. The normalized spacial score (nSPS) is 14.5. The Hall–Kier alpha value is -1.69. The molecule has 0 aromatic carbocycles. The van der Waals surface area contributed by atoms with Crippen LogP contribution in [0.15, 0.2) is 16.9 Å². The Bertz CT molecular complexity index is 472. The number of aryl methyl sites for hydroxylation is 2. The van der Waals surface area contributed by atoms with E-state index in [2.05, 4.69) is 34.4 Å². The quantitative estimate of drug-likeness (QED) is 0.866. The molecule has 0 amide bonds. The van der Waals surface area contributed by atoms with Crippen LogP contribution in [0.1, 0.15) is 56.1 Å². The van der Waals surface area contributed by atoms with E-state index < -0.39 is 0 Å². The first-order valence-electron chi connectivity index (χ1n) is 6.68. The van der Waals surface area contributed by atoms with Crippen LogP contribution in [0.25, 0.3) is 0 Å². The summed E-state index contributed by atoms with van der Waals surface area (Å²) in [6.45, 7) is 6.07. The first-order chi connectivity index (χ1) is 9.13.